The Morgan fingerprint density at radius 3 is 2.77 bits per heavy atom. The lowest BCUT2D eigenvalue weighted by molar-refractivity contribution is 0.168. The summed E-state index contributed by atoms with van der Waals surface area (Å²) in [4.78, 5) is 0.924. The van der Waals surface area contributed by atoms with E-state index < -0.39 is 0 Å². The summed E-state index contributed by atoms with van der Waals surface area (Å²) < 4.78 is 0. The lowest BCUT2D eigenvalue weighted by atomic mass is 10.1. The molecule has 1 aromatic heterocycles. The number of halogens is 1. The van der Waals surface area contributed by atoms with Crippen molar-refractivity contribution in [3.05, 3.63) is 20.8 Å². The Morgan fingerprint density at radius 1 is 1.62 bits per heavy atom. The van der Waals surface area contributed by atoms with Crippen LogP contribution in [0.25, 0.3) is 0 Å². The van der Waals surface area contributed by atoms with Crippen LogP contribution in [0.2, 0.25) is 5.02 Å². The number of hydrogen-bond donors (Lipinski definition) is 1. The second kappa shape index (κ2) is 4.99. The zero-order chi connectivity index (χ0) is 9.84. The van der Waals surface area contributed by atoms with Crippen LogP contribution in [0.5, 0.6) is 0 Å². The van der Waals surface area contributed by atoms with Gasteiger partial charge in [-0.05, 0) is 24.3 Å². The number of unbranched alkanes of at least 4 members (excludes halogenated alkanes) is 1. The quantitative estimate of drug-likeness (QED) is 0.812. The molecule has 1 aromatic rings. The van der Waals surface area contributed by atoms with Gasteiger partial charge in [-0.1, -0.05) is 31.4 Å². The molecular formula is C10H15ClOS. The first-order valence-corrected chi connectivity index (χ1v) is 5.84. The Hall–Kier alpha value is -0.0500. The second-order valence-electron chi connectivity index (χ2n) is 3.25. The lowest BCUT2D eigenvalue weighted by Crippen LogP contribution is -1.94. The zero-order valence-corrected chi connectivity index (χ0v) is 9.58. The maximum atomic E-state index is 9.77. The maximum Gasteiger partial charge on any atom is 0.0897 e. The van der Waals surface area contributed by atoms with Crippen molar-refractivity contribution in [3.8, 4) is 0 Å². The highest BCUT2D eigenvalue weighted by Gasteiger charge is 2.14. The third kappa shape index (κ3) is 2.70. The largest absolute Gasteiger partial charge is 0.388 e. The van der Waals surface area contributed by atoms with E-state index in [9.17, 15) is 5.11 Å². The first-order valence-electron chi connectivity index (χ1n) is 4.58. The molecule has 1 heterocycles. The number of aliphatic hydroxyl groups is 1. The summed E-state index contributed by atoms with van der Waals surface area (Å²) >= 11 is 7.59. The number of hydrogen-bond acceptors (Lipinski definition) is 2. The van der Waals surface area contributed by atoms with E-state index in [1.54, 1.807) is 11.3 Å². The van der Waals surface area contributed by atoms with E-state index in [2.05, 4.69) is 6.92 Å². The van der Waals surface area contributed by atoms with E-state index in [1.165, 1.54) is 0 Å². The number of aliphatic hydroxyl groups excluding tert-OH is 1. The molecule has 1 atom stereocenters. The van der Waals surface area contributed by atoms with Crippen molar-refractivity contribution < 1.29 is 5.11 Å². The molecule has 0 aliphatic heterocycles. The monoisotopic (exact) mass is 218 g/mol. The molecule has 1 rings (SSSR count). The molecule has 3 heteroatoms. The van der Waals surface area contributed by atoms with Gasteiger partial charge >= 0.3 is 0 Å². The predicted molar refractivity (Wildman–Crippen MR) is 58.6 cm³/mol. The van der Waals surface area contributed by atoms with Gasteiger partial charge in [0.25, 0.3) is 0 Å². The fourth-order valence-corrected chi connectivity index (χ4v) is 2.54. The van der Waals surface area contributed by atoms with E-state index >= 15 is 0 Å². The Bertz CT molecular complexity index is 270. The summed E-state index contributed by atoms with van der Waals surface area (Å²) in [6, 6.07) is 0. The average Bonchev–Trinajstić information content (AvgIpc) is 2.44. The minimum atomic E-state index is -0.369. The molecule has 0 spiro atoms. The highest BCUT2D eigenvalue weighted by atomic mass is 35.5. The number of thiophene rings is 1. The molecule has 0 aliphatic rings. The van der Waals surface area contributed by atoms with Gasteiger partial charge in [0.2, 0.25) is 0 Å². The molecule has 0 saturated heterocycles. The molecule has 0 aromatic carbocycles. The van der Waals surface area contributed by atoms with Crippen LogP contribution >= 0.6 is 22.9 Å². The van der Waals surface area contributed by atoms with Crippen LogP contribution in [0.3, 0.4) is 0 Å². The van der Waals surface area contributed by atoms with Crippen molar-refractivity contribution in [3.63, 3.8) is 0 Å². The van der Waals surface area contributed by atoms with Crippen LogP contribution in [-0.2, 0) is 0 Å². The summed E-state index contributed by atoms with van der Waals surface area (Å²) in [7, 11) is 0. The molecule has 0 amide bonds. The van der Waals surface area contributed by atoms with Gasteiger partial charge in [0, 0.05) is 0 Å². The Morgan fingerprint density at radius 2 is 2.31 bits per heavy atom. The van der Waals surface area contributed by atoms with Crippen LogP contribution in [0.15, 0.2) is 5.38 Å². The normalized spacial score (nSPS) is 13.2. The van der Waals surface area contributed by atoms with Crippen LogP contribution in [-0.4, -0.2) is 5.11 Å². The van der Waals surface area contributed by atoms with Gasteiger partial charge in [-0.2, -0.15) is 0 Å². The Labute approximate surface area is 88.4 Å². The fourth-order valence-electron chi connectivity index (χ4n) is 1.20. The van der Waals surface area contributed by atoms with Gasteiger partial charge in [0.05, 0.1) is 16.0 Å². The third-order valence-corrected chi connectivity index (χ3v) is 3.87. The molecule has 1 unspecified atom stereocenters. The summed E-state index contributed by atoms with van der Waals surface area (Å²) in [6.07, 6.45) is 2.61. The van der Waals surface area contributed by atoms with Crippen LogP contribution in [0.1, 0.15) is 42.7 Å². The Balaban J connectivity index is 2.65. The van der Waals surface area contributed by atoms with Gasteiger partial charge in [-0.3, -0.25) is 0 Å². The first-order chi connectivity index (χ1) is 6.16. The molecular weight excluding hydrogens is 204 g/mol. The van der Waals surface area contributed by atoms with E-state index in [1.807, 2.05) is 12.3 Å². The summed E-state index contributed by atoms with van der Waals surface area (Å²) in [6.45, 7) is 4.09. The van der Waals surface area contributed by atoms with Gasteiger partial charge in [0.1, 0.15) is 0 Å². The third-order valence-electron chi connectivity index (χ3n) is 2.06. The predicted octanol–water partition coefficient (Wildman–Crippen LogP) is 3.93. The second-order valence-corrected chi connectivity index (χ2v) is 4.54. The molecule has 13 heavy (non-hydrogen) atoms. The molecule has 0 saturated carbocycles. The standard InChI is InChI=1S/C10H15ClOS/c1-3-4-5-8(12)10-9(11)7(2)6-13-10/h6,8,12H,3-5H2,1-2H3. The van der Waals surface area contributed by atoms with E-state index in [0.29, 0.717) is 0 Å². The minimum absolute atomic E-state index is 0.369. The van der Waals surface area contributed by atoms with Gasteiger partial charge in [-0.25, -0.2) is 0 Å². The number of rotatable bonds is 4. The van der Waals surface area contributed by atoms with E-state index in [4.69, 9.17) is 11.6 Å². The van der Waals surface area contributed by atoms with Gasteiger partial charge in [-0.15, -0.1) is 11.3 Å². The topological polar surface area (TPSA) is 20.2 Å². The van der Waals surface area contributed by atoms with Crippen molar-refractivity contribution in [2.45, 2.75) is 39.2 Å². The Kier molecular flexibility index (Phi) is 4.23. The van der Waals surface area contributed by atoms with Crippen molar-refractivity contribution in [2.24, 2.45) is 0 Å². The van der Waals surface area contributed by atoms with Crippen LogP contribution in [0, 0.1) is 6.92 Å². The number of aryl methyl sites for hydroxylation is 1. The summed E-state index contributed by atoms with van der Waals surface area (Å²) in [5.41, 5.74) is 1.07. The summed E-state index contributed by atoms with van der Waals surface area (Å²) in [5.74, 6) is 0. The minimum Gasteiger partial charge on any atom is -0.388 e. The lowest BCUT2D eigenvalue weighted by Gasteiger charge is -2.07. The van der Waals surface area contributed by atoms with E-state index in [0.717, 1.165) is 34.7 Å². The van der Waals surface area contributed by atoms with Gasteiger partial charge in [0.15, 0.2) is 0 Å². The molecule has 1 nitrogen and oxygen atoms in total. The SMILES string of the molecule is CCCCC(O)c1scc(C)c1Cl. The molecule has 0 fully saturated rings. The molecule has 0 radical (unpaired) electrons. The van der Waals surface area contributed by atoms with Crippen molar-refractivity contribution in [1.29, 1.82) is 0 Å². The fraction of sp³-hybridized carbons (Fsp3) is 0.600. The summed E-state index contributed by atoms with van der Waals surface area (Å²) in [5, 5.41) is 12.5. The molecule has 0 aliphatic carbocycles. The van der Waals surface area contributed by atoms with Gasteiger partial charge < -0.3 is 5.11 Å². The van der Waals surface area contributed by atoms with Crippen LogP contribution < -0.4 is 0 Å². The first kappa shape index (κ1) is 11.0. The van der Waals surface area contributed by atoms with E-state index in [-0.39, 0.29) is 6.10 Å². The highest BCUT2D eigenvalue weighted by Crippen LogP contribution is 2.34. The molecule has 1 N–H and O–H groups in total. The van der Waals surface area contributed by atoms with Crippen molar-refractivity contribution in [2.75, 3.05) is 0 Å². The van der Waals surface area contributed by atoms with Crippen LogP contribution in [0.4, 0.5) is 0 Å². The average molecular weight is 219 g/mol. The molecule has 0 bridgehead atoms. The maximum absolute atomic E-state index is 9.77. The van der Waals surface area contributed by atoms with Crippen molar-refractivity contribution in [1.82, 2.24) is 0 Å². The highest BCUT2D eigenvalue weighted by molar-refractivity contribution is 7.10. The molecule has 74 valence electrons. The van der Waals surface area contributed by atoms with Crippen molar-refractivity contribution >= 4 is 22.9 Å². The zero-order valence-electron chi connectivity index (χ0n) is 8.01. The smallest absolute Gasteiger partial charge is 0.0897 e.